The minimum atomic E-state index is 0.738. The van der Waals surface area contributed by atoms with Crippen molar-refractivity contribution in [2.45, 2.75) is 57.0 Å². The molecule has 2 nitrogen and oxygen atoms in total. The van der Waals surface area contributed by atoms with Gasteiger partial charge < -0.3 is 5.32 Å². The summed E-state index contributed by atoms with van der Waals surface area (Å²) in [5.41, 5.74) is 1.67. The van der Waals surface area contributed by atoms with E-state index >= 15 is 0 Å². The van der Waals surface area contributed by atoms with Crippen LogP contribution in [-0.4, -0.2) is 30.6 Å². The SMILES string of the molecule is c1cc2c(s1)CCCC2N1CCC(C2CCCN2)CC1. The zero-order chi connectivity index (χ0) is 13.4. The van der Waals surface area contributed by atoms with E-state index in [1.165, 1.54) is 64.6 Å². The molecule has 1 N–H and O–H groups in total. The standard InChI is InChI=1S/C17H26N2S/c1-4-16(14-8-12-20-17(14)5-1)19-10-6-13(7-11-19)15-3-2-9-18-15/h8,12-13,15-16,18H,1-7,9-11H2. The second-order valence-electron chi connectivity index (χ2n) is 6.78. The lowest BCUT2D eigenvalue weighted by molar-refractivity contribution is 0.109. The van der Waals surface area contributed by atoms with Crippen molar-refractivity contribution in [3.8, 4) is 0 Å². The van der Waals surface area contributed by atoms with Crippen LogP contribution in [0.3, 0.4) is 0 Å². The highest BCUT2D eigenvalue weighted by Gasteiger charge is 2.33. The topological polar surface area (TPSA) is 15.3 Å². The molecule has 0 amide bonds. The third kappa shape index (κ3) is 2.44. The minimum Gasteiger partial charge on any atom is -0.314 e. The van der Waals surface area contributed by atoms with Crippen molar-refractivity contribution in [1.29, 1.82) is 0 Å². The first-order valence-corrected chi connectivity index (χ1v) is 9.33. The second-order valence-corrected chi connectivity index (χ2v) is 7.78. The molecule has 2 aliphatic heterocycles. The highest BCUT2D eigenvalue weighted by atomic mass is 32.1. The van der Waals surface area contributed by atoms with Gasteiger partial charge >= 0.3 is 0 Å². The molecule has 3 heteroatoms. The second kappa shape index (κ2) is 5.78. The number of aryl methyl sites for hydroxylation is 1. The minimum absolute atomic E-state index is 0.738. The van der Waals surface area contributed by atoms with Crippen LogP contribution in [0.2, 0.25) is 0 Å². The summed E-state index contributed by atoms with van der Waals surface area (Å²) >= 11 is 1.98. The summed E-state index contributed by atoms with van der Waals surface area (Å²) in [6.45, 7) is 3.90. The van der Waals surface area contributed by atoms with Crippen molar-refractivity contribution in [3.05, 3.63) is 21.9 Å². The number of hydrogen-bond acceptors (Lipinski definition) is 3. The fourth-order valence-corrected chi connectivity index (χ4v) is 5.57. The molecule has 1 aromatic rings. The van der Waals surface area contributed by atoms with Crippen molar-refractivity contribution in [2.75, 3.05) is 19.6 Å². The molecule has 2 fully saturated rings. The first kappa shape index (κ1) is 13.3. The van der Waals surface area contributed by atoms with Gasteiger partial charge in [-0.3, -0.25) is 4.90 Å². The molecule has 0 radical (unpaired) electrons. The van der Waals surface area contributed by atoms with E-state index in [0.29, 0.717) is 0 Å². The Morgan fingerprint density at radius 2 is 2.00 bits per heavy atom. The summed E-state index contributed by atoms with van der Waals surface area (Å²) in [7, 11) is 0. The van der Waals surface area contributed by atoms with Crippen molar-refractivity contribution in [1.82, 2.24) is 10.2 Å². The molecule has 0 spiro atoms. The molecule has 2 saturated heterocycles. The Balaban J connectivity index is 1.40. The van der Waals surface area contributed by atoms with Crippen LogP contribution in [0.25, 0.3) is 0 Å². The highest BCUT2D eigenvalue weighted by molar-refractivity contribution is 7.10. The quantitative estimate of drug-likeness (QED) is 0.895. The van der Waals surface area contributed by atoms with Gasteiger partial charge in [0.05, 0.1) is 0 Å². The van der Waals surface area contributed by atoms with Crippen LogP contribution in [0.5, 0.6) is 0 Å². The number of rotatable bonds is 2. The zero-order valence-electron chi connectivity index (χ0n) is 12.3. The Morgan fingerprint density at radius 3 is 2.80 bits per heavy atom. The summed E-state index contributed by atoms with van der Waals surface area (Å²) in [5.74, 6) is 0.944. The number of thiophene rings is 1. The van der Waals surface area contributed by atoms with E-state index in [4.69, 9.17) is 0 Å². The molecule has 0 aromatic carbocycles. The smallest absolute Gasteiger partial charge is 0.0359 e. The van der Waals surface area contributed by atoms with E-state index < -0.39 is 0 Å². The maximum Gasteiger partial charge on any atom is 0.0359 e. The molecule has 2 atom stereocenters. The van der Waals surface area contributed by atoms with Crippen molar-refractivity contribution < 1.29 is 0 Å². The van der Waals surface area contributed by atoms with Crippen LogP contribution in [0.4, 0.5) is 0 Å². The third-order valence-electron chi connectivity index (χ3n) is 5.70. The van der Waals surface area contributed by atoms with Crippen LogP contribution in [0.1, 0.15) is 55.0 Å². The maximum absolute atomic E-state index is 3.72. The number of nitrogens with zero attached hydrogens (tertiary/aromatic N) is 1. The first-order valence-electron chi connectivity index (χ1n) is 8.45. The normalized spacial score (nSPS) is 32.4. The van der Waals surface area contributed by atoms with Gasteiger partial charge in [-0.2, -0.15) is 0 Å². The average molecular weight is 290 g/mol. The van der Waals surface area contributed by atoms with E-state index in [9.17, 15) is 0 Å². The largest absolute Gasteiger partial charge is 0.314 e. The Morgan fingerprint density at radius 1 is 1.10 bits per heavy atom. The van der Waals surface area contributed by atoms with Crippen molar-refractivity contribution >= 4 is 11.3 Å². The lowest BCUT2D eigenvalue weighted by Gasteiger charge is -2.40. The molecule has 110 valence electrons. The molecular weight excluding hydrogens is 264 g/mol. The van der Waals surface area contributed by atoms with Gasteiger partial charge in [-0.25, -0.2) is 0 Å². The van der Waals surface area contributed by atoms with Crippen molar-refractivity contribution in [3.63, 3.8) is 0 Å². The van der Waals surface area contributed by atoms with Crippen LogP contribution in [-0.2, 0) is 6.42 Å². The summed E-state index contributed by atoms with van der Waals surface area (Å²) in [6, 6.07) is 3.97. The van der Waals surface area contributed by atoms with E-state index in [-0.39, 0.29) is 0 Å². The summed E-state index contributed by atoms with van der Waals surface area (Å²) in [5, 5.41) is 6.02. The van der Waals surface area contributed by atoms with E-state index in [0.717, 1.165) is 18.0 Å². The van der Waals surface area contributed by atoms with Gasteiger partial charge in [-0.1, -0.05) is 0 Å². The monoisotopic (exact) mass is 290 g/mol. The van der Waals surface area contributed by atoms with E-state index in [1.807, 2.05) is 11.3 Å². The number of nitrogens with one attached hydrogen (secondary N) is 1. The van der Waals surface area contributed by atoms with Gasteiger partial charge in [0, 0.05) is 17.0 Å². The van der Waals surface area contributed by atoms with Crippen LogP contribution in [0.15, 0.2) is 11.4 Å². The molecular formula is C17H26N2S. The average Bonchev–Trinajstić information content (AvgIpc) is 3.18. The lowest BCUT2D eigenvalue weighted by atomic mass is 9.85. The summed E-state index contributed by atoms with van der Waals surface area (Å²) < 4.78 is 0. The van der Waals surface area contributed by atoms with Crippen LogP contribution >= 0.6 is 11.3 Å². The molecule has 1 aromatic heterocycles. The summed E-state index contributed by atoms with van der Waals surface area (Å²) in [4.78, 5) is 4.46. The Kier molecular flexibility index (Phi) is 3.84. The Labute approximate surface area is 126 Å². The molecule has 4 rings (SSSR count). The molecule has 0 bridgehead atoms. The molecule has 3 aliphatic rings. The van der Waals surface area contributed by atoms with Gasteiger partial charge in [-0.15, -0.1) is 11.3 Å². The highest BCUT2D eigenvalue weighted by Crippen LogP contribution is 2.39. The number of hydrogen-bond donors (Lipinski definition) is 1. The van der Waals surface area contributed by atoms with Gasteiger partial charge in [0.15, 0.2) is 0 Å². The predicted molar refractivity (Wildman–Crippen MR) is 85.3 cm³/mol. The Bertz CT molecular complexity index is 442. The fourth-order valence-electron chi connectivity index (χ4n) is 4.59. The molecule has 3 heterocycles. The van der Waals surface area contributed by atoms with Crippen molar-refractivity contribution in [2.24, 2.45) is 5.92 Å². The Hall–Kier alpha value is -0.380. The zero-order valence-corrected chi connectivity index (χ0v) is 13.1. The number of likely N-dealkylation sites (tertiary alicyclic amines) is 1. The molecule has 1 aliphatic carbocycles. The number of fused-ring (bicyclic) bond motifs is 1. The molecule has 0 saturated carbocycles. The van der Waals surface area contributed by atoms with Crippen LogP contribution < -0.4 is 5.32 Å². The van der Waals surface area contributed by atoms with Gasteiger partial charge in [-0.05, 0) is 87.5 Å². The number of piperidine rings is 1. The van der Waals surface area contributed by atoms with E-state index in [1.54, 1.807) is 10.4 Å². The van der Waals surface area contributed by atoms with Gasteiger partial charge in [0.2, 0.25) is 0 Å². The van der Waals surface area contributed by atoms with E-state index in [2.05, 4.69) is 21.7 Å². The first-order chi connectivity index (χ1) is 9.92. The van der Waals surface area contributed by atoms with Crippen LogP contribution in [0, 0.1) is 5.92 Å². The summed E-state index contributed by atoms with van der Waals surface area (Å²) in [6.07, 6.45) is 9.74. The molecule has 2 unspecified atom stereocenters. The van der Waals surface area contributed by atoms with Gasteiger partial charge in [0.1, 0.15) is 0 Å². The molecule has 20 heavy (non-hydrogen) atoms. The lowest BCUT2D eigenvalue weighted by Crippen LogP contribution is -2.42. The fraction of sp³-hybridized carbons (Fsp3) is 0.765. The third-order valence-corrected chi connectivity index (χ3v) is 6.70. The predicted octanol–water partition coefficient (Wildman–Crippen LogP) is 3.59. The maximum atomic E-state index is 3.72. The van der Waals surface area contributed by atoms with Gasteiger partial charge in [0.25, 0.3) is 0 Å².